The van der Waals surface area contributed by atoms with Gasteiger partial charge in [0.2, 0.25) is 6.04 Å². The van der Waals surface area contributed by atoms with Crippen molar-refractivity contribution in [2.75, 3.05) is 19.0 Å². The predicted molar refractivity (Wildman–Crippen MR) is 136 cm³/mol. The van der Waals surface area contributed by atoms with E-state index < -0.39 is 29.5 Å². The van der Waals surface area contributed by atoms with Crippen LogP contribution in [0.1, 0.15) is 36.3 Å². The summed E-state index contributed by atoms with van der Waals surface area (Å²) in [5.74, 6) is -1.36. The Morgan fingerprint density at radius 1 is 1.25 bits per heavy atom. The van der Waals surface area contributed by atoms with Crippen LogP contribution in [0.25, 0.3) is 0 Å². The number of benzene rings is 2. The maximum atomic E-state index is 14.0. The van der Waals surface area contributed by atoms with Gasteiger partial charge in [0.1, 0.15) is 5.54 Å². The topological polar surface area (TPSA) is 102 Å². The molecule has 0 radical (unpaired) electrons. The van der Waals surface area contributed by atoms with Gasteiger partial charge in [-0.1, -0.05) is 47.5 Å². The standard InChI is InChI=1S/C26H25Cl2N3O5/c1-36-22(32)7-3-6-21-24(31(34)35)23(16-4-2-5-17(27)12-16)26(30(21)14-15-8-9-15)19-11-10-18(28)13-20(19)29-25(26)33/h2-5,7,10-13,15,21,23-24H,6,8-9,14H2,1H3,(H,29,33)/t21-,23-,24+,26+/m0/s1. The average molecular weight is 530 g/mol. The zero-order chi connectivity index (χ0) is 25.6. The molecule has 5 rings (SSSR count). The van der Waals surface area contributed by atoms with Crippen molar-refractivity contribution in [3.05, 3.63) is 85.9 Å². The van der Waals surface area contributed by atoms with Crippen LogP contribution in [0.15, 0.2) is 54.6 Å². The third kappa shape index (κ3) is 4.07. The number of halogens is 2. The number of esters is 1. The smallest absolute Gasteiger partial charge is 0.330 e. The van der Waals surface area contributed by atoms with Crippen molar-refractivity contribution in [1.82, 2.24) is 4.90 Å². The third-order valence-corrected chi connectivity index (χ3v) is 7.93. The van der Waals surface area contributed by atoms with E-state index >= 15 is 0 Å². The Bertz CT molecular complexity index is 1260. The highest BCUT2D eigenvalue weighted by Crippen LogP contribution is 2.59. The van der Waals surface area contributed by atoms with Crippen LogP contribution in [0, 0.1) is 16.0 Å². The Morgan fingerprint density at radius 2 is 2.00 bits per heavy atom. The van der Waals surface area contributed by atoms with Crippen molar-refractivity contribution in [1.29, 1.82) is 0 Å². The van der Waals surface area contributed by atoms with Gasteiger partial charge in [-0.05, 0) is 55.0 Å². The third-order valence-electron chi connectivity index (χ3n) is 7.46. The number of methoxy groups -OCH3 is 1. The van der Waals surface area contributed by atoms with Gasteiger partial charge in [0.15, 0.2) is 0 Å². The van der Waals surface area contributed by atoms with Crippen molar-refractivity contribution in [2.45, 2.75) is 42.8 Å². The molecule has 1 amide bonds. The first-order chi connectivity index (χ1) is 17.3. The molecule has 4 atom stereocenters. The Balaban J connectivity index is 1.75. The molecular weight excluding hydrogens is 505 g/mol. The summed E-state index contributed by atoms with van der Waals surface area (Å²) in [5.41, 5.74) is 0.485. The first-order valence-corrected chi connectivity index (χ1v) is 12.5. The zero-order valence-electron chi connectivity index (χ0n) is 19.5. The summed E-state index contributed by atoms with van der Waals surface area (Å²) in [6, 6.07) is 10.3. The molecule has 36 heavy (non-hydrogen) atoms. The summed E-state index contributed by atoms with van der Waals surface area (Å²) in [6.07, 6.45) is 5.06. The van der Waals surface area contributed by atoms with Crippen LogP contribution in [0.5, 0.6) is 0 Å². The normalized spacial score (nSPS) is 27.4. The van der Waals surface area contributed by atoms with Gasteiger partial charge in [-0.2, -0.15) is 0 Å². The van der Waals surface area contributed by atoms with E-state index in [2.05, 4.69) is 5.32 Å². The van der Waals surface area contributed by atoms with Crippen molar-refractivity contribution in [3.63, 3.8) is 0 Å². The largest absolute Gasteiger partial charge is 0.466 e. The second-order valence-electron chi connectivity index (χ2n) is 9.54. The molecule has 2 aromatic carbocycles. The lowest BCUT2D eigenvalue weighted by Crippen LogP contribution is -2.52. The highest BCUT2D eigenvalue weighted by Gasteiger charge is 2.70. The Labute approximate surface area is 218 Å². The van der Waals surface area contributed by atoms with Crippen LogP contribution in [0.2, 0.25) is 10.0 Å². The molecule has 2 heterocycles. The van der Waals surface area contributed by atoms with Gasteiger partial charge in [-0.15, -0.1) is 0 Å². The van der Waals surface area contributed by atoms with Crippen molar-refractivity contribution < 1.29 is 19.2 Å². The zero-order valence-corrected chi connectivity index (χ0v) is 21.0. The number of amides is 1. The molecule has 1 N–H and O–H groups in total. The van der Waals surface area contributed by atoms with E-state index in [0.717, 1.165) is 12.8 Å². The monoisotopic (exact) mass is 529 g/mol. The Morgan fingerprint density at radius 3 is 2.67 bits per heavy atom. The van der Waals surface area contributed by atoms with Gasteiger partial charge >= 0.3 is 5.97 Å². The van der Waals surface area contributed by atoms with Gasteiger partial charge in [-0.3, -0.25) is 19.8 Å². The fraction of sp³-hybridized carbons (Fsp3) is 0.385. The SMILES string of the molecule is COC(=O)C=CC[C@H]1[C@@H]([N+](=O)[O-])[C@H](c2cccc(Cl)c2)[C@]2(C(=O)Nc3cc(Cl)ccc32)N1CC1CC1. The fourth-order valence-electron chi connectivity index (χ4n) is 5.88. The number of hydrogen-bond donors (Lipinski definition) is 1. The minimum atomic E-state index is -1.34. The molecule has 3 aliphatic rings. The van der Waals surface area contributed by atoms with E-state index in [1.807, 2.05) is 4.90 Å². The van der Waals surface area contributed by atoms with E-state index in [0.29, 0.717) is 39.3 Å². The minimum absolute atomic E-state index is 0.197. The second kappa shape index (κ2) is 9.50. The number of likely N-dealkylation sites (tertiary alicyclic amines) is 1. The number of nitro groups is 1. The molecular formula is C26H25Cl2N3O5. The van der Waals surface area contributed by atoms with Crippen molar-refractivity contribution >= 4 is 40.8 Å². The molecule has 0 unspecified atom stereocenters. The number of rotatable bonds is 7. The Kier molecular flexibility index (Phi) is 6.53. The van der Waals surface area contributed by atoms with Crippen LogP contribution in [-0.2, 0) is 19.9 Å². The molecule has 10 heteroatoms. The van der Waals surface area contributed by atoms with Gasteiger partial charge in [0, 0.05) is 38.8 Å². The molecule has 2 aliphatic heterocycles. The first-order valence-electron chi connectivity index (χ1n) is 11.8. The molecule has 8 nitrogen and oxygen atoms in total. The first kappa shape index (κ1) is 24.7. The number of ether oxygens (including phenoxy) is 1. The lowest BCUT2D eigenvalue weighted by atomic mass is 9.73. The Hall–Kier alpha value is -2.94. The highest BCUT2D eigenvalue weighted by molar-refractivity contribution is 6.31. The van der Waals surface area contributed by atoms with Gasteiger partial charge < -0.3 is 10.1 Å². The summed E-state index contributed by atoms with van der Waals surface area (Å²) in [5, 5.41) is 16.6. The molecule has 1 spiro atoms. The predicted octanol–water partition coefficient (Wildman–Crippen LogP) is 4.78. The van der Waals surface area contributed by atoms with Crippen LogP contribution in [0.3, 0.4) is 0 Å². The number of hydrogen-bond acceptors (Lipinski definition) is 6. The summed E-state index contributed by atoms with van der Waals surface area (Å²) in [6.45, 7) is 0.521. The van der Waals surface area contributed by atoms with E-state index in [1.165, 1.54) is 13.2 Å². The second-order valence-corrected chi connectivity index (χ2v) is 10.4. The van der Waals surface area contributed by atoms with Crippen LogP contribution < -0.4 is 5.32 Å². The molecule has 1 aliphatic carbocycles. The average Bonchev–Trinajstić information content (AvgIpc) is 3.55. The maximum absolute atomic E-state index is 14.0. The highest BCUT2D eigenvalue weighted by atomic mass is 35.5. The lowest BCUT2D eigenvalue weighted by Gasteiger charge is -2.38. The molecule has 2 fully saturated rings. The molecule has 1 saturated carbocycles. The number of nitrogens with one attached hydrogen (secondary N) is 1. The van der Waals surface area contributed by atoms with Gasteiger partial charge in [0.05, 0.1) is 19.1 Å². The molecule has 188 valence electrons. The summed E-state index contributed by atoms with van der Waals surface area (Å²) in [7, 11) is 1.27. The van der Waals surface area contributed by atoms with Crippen molar-refractivity contribution in [3.8, 4) is 0 Å². The van der Waals surface area contributed by atoms with E-state index in [-0.39, 0.29) is 17.3 Å². The van der Waals surface area contributed by atoms with Gasteiger partial charge in [0.25, 0.3) is 5.91 Å². The fourth-order valence-corrected chi connectivity index (χ4v) is 6.25. The van der Waals surface area contributed by atoms with E-state index in [1.54, 1.807) is 48.5 Å². The van der Waals surface area contributed by atoms with Crippen LogP contribution >= 0.6 is 23.2 Å². The number of carbonyl (C=O) groups is 2. The van der Waals surface area contributed by atoms with Crippen LogP contribution in [-0.4, -0.2) is 47.4 Å². The minimum Gasteiger partial charge on any atom is -0.466 e. The lowest BCUT2D eigenvalue weighted by molar-refractivity contribution is -0.528. The summed E-state index contributed by atoms with van der Waals surface area (Å²) < 4.78 is 4.70. The number of fused-ring (bicyclic) bond motifs is 2. The molecule has 2 aromatic rings. The summed E-state index contributed by atoms with van der Waals surface area (Å²) >= 11 is 12.6. The molecule has 0 bridgehead atoms. The number of anilines is 1. The van der Waals surface area contributed by atoms with E-state index in [9.17, 15) is 19.7 Å². The van der Waals surface area contributed by atoms with Crippen LogP contribution in [0.4, 0.5) is 5.69 Å². The number of carbonyl (C=O) groups excluding carboxylic acids is 2. The van der Waals surface area contributed by atoms with E-state index in [4.69, 9.17) is 27.9 Å². The van der Waals surface area contributed by atoms with Gasteiger partial charge in [-0.25, -0.2) is 4.79 Å². The quantitative estimate of drug-likeness (QED) is 0.239. The number of nitrogens with zero attached hydrogens (tertiary/aromatic N) is 2. The molecule has 1 saturated heterocycles. The maximum Gasteiger partial charge on any atom is 0.330 e. The molecule has 0 aromatic heterocycles. The van der Waals surface area contributed by atoms with Crippen molar-refractivity contribution in [2.24, 2.45) is 5.92 Å². The summed E-state index contributed by atoms with van der Waals surface area (Å²) in [4.78, 5) is 40.3.